The van der Waals surface area contributed by atoms with Crippen LogP contribution in [0.2, 0.25) is 0 Å². The molecule has 70 valence electrons. The Balaban J connectivity index is 2.71. The Labute approximate surface area is 88.0 Å². The van der Waals surface area contributed by atoms with E-state index in [-0.39, 0.29) is 0 Å². The third-order valence-electron chi connectivity index (χ3n) is 1.71. The second-order valence-corrected chi connectivity index (χ2v) is 4.37. The van der Waals surface area contributed by atoms with Crippen molar-refractivity contribution in [3.63, 3.8) is 0 Å². The van der Waals surface area contributed by atoms with Crippen molar-refractivity contribution < 1.29 is 0 Å². The lowest BCUT2D eigenvalue weighted by atomic mass is 10.1. The molecule has 1 N–H and O–H groups in total. The van der Waals surface area contributed by atoms with Crippen molar-refractivity contribution in [1.82, 2.24) is 0 Å². The smallest absolute Gasteiger partial charge is 0.0460 e. The number of aryl methyl sites for hydroxylation is 2. The van der Waals surface area contributed by atoms with Crippen molar-refractivity contribution in [3.05, 3.63) is 40.4 Å². The van der Waals surface area contributed by atoms with E-state index in [1.807, 2.05) is 0 Å². The van der Waals surface area contributed by atoms with Gasteiger partial charge in [-0.3, -0.25) is 0 Å². The number of anilines is 1. The molecule has 0 radical (unpaired) electrons. The van der Waals surface area contributed by atoms with Gasteiger partial charge in [-0.2, -0.15) is 0 Å². The van der Waals surface area contributed by atoms with Crippen LogP contribution in [0.25, 0.3) is 0 Å². The first-order chi connectivity index (χ1) is 6.08. The van der Waals surface area contributed by atoms with E-state index in [0.29, 0.717) is 0 Å². The van der Waals surface area contributed by atoms with Crippen molar-refractivity contribution >= 4 is 21.6 Å². The minimum absolute atomic E-state index is 0.767. The molecule has 0 spiro atoms. The summed E-state index contributed by atoms with van der Waals surface area (Å²) in [5.41, 5.74) is 3.71. The summed E-state index contributed by atoms with van der Waals surface area (Å²) < 4.78 is 0.964. The van der Waals surface area contributed by atoms with Crippen molar-refractivity contribution in [2.45, 2.75) is 13.8 Å². The van der Waals surface area contributed by atoms with Crippen LogP contribution in [-0.2, 0) is 0 Å². The van der Waals surface area contributed by atoms with E-state index in [1.165, 1.54) is 11.1 Å². The molecule has 0 atom stereocenters. The Kier molecular flexibility index (Phi) is 3.55. The molecule has 0 unspecified atom stereocenters. The summed E-state index contributed by atoms with van der Waals surface area (Å²) in [6.45, 7) is 8.73. The Hall–Kier alpha value is -0.760. The summed E-state index contributed by atoms with van der Waals surface area (Å²) >= 11 is 3.31. The van der Waals surface area contributed by atoms with Crippen molar-refractivity contribution in [2.75, 3.05) is 11.9 Å². The number of hydrogen-bond acceptors (Lipinski definition) is 1. The van der Waals surface area contributed by atoms with Crippen LogP contribution in [0.3, 0.4) is 0 Å². The van der Waals surface area contributed by atoms with Gasteiger partial charge in [0.15, 0.2) is 0 Å². The lowest BCUT2D eigenvalue weighted by molar-refractivity contribution is 1.29. The van der Waals surface area contributed by atoms with E-state index in [0.717, 1.165) is 16.7 Å². The molecule has 1 aromatic rings. The highest BCUT2D eigenvalue weighted by atomic mass is 79.9. The fourth-order valence-corrected chi connectivity index (χ4v) is 1.41. The molecule has 0 fully saturated rings. The van der Waals surface area contributed by atoms with Crippen LogP contribution < -0.4 is 5.32 Å². The maximum atomic E-state index is 3.77. The summed E-state index contributed by atoms with van der Waals surface area (Å²) in [6, 6.07) is 6.42. The topological polar surface area (TPSA) is 12.0 Å². The number of hydrogen-bond donors (Lipinski definition) is 1. The SMILES string of the molecule is C=C(Br)CNc1cc(C)cc(C)c1. The number of rotatable bonds is 3. The molecule has 2 heteroatoms. The molecule has 0 heterocycles. The van der Waals surface area contributed by atoms with Crippen LogP contribution >= 0.6 is 15.9 Å². The van der Waals surface area contributed by atoms with Crippen LogP contribution in [0.4, 0.5) is 5.69 Å². The lowest BCUT2D eigenvalue weighted by Crippen LogP contribution is -2.00. The summed E-state index contributed by atoms with van der Waals surface area (Å²) in [4.78, 5) is 0. The van der Waals surface area contributed by atoms with E-state index < -0.39 is 0 Å². The predicted molar refractivity (Wildman–Crippen MR) is 62.5 cm³/mol. The average Bonchev–Trinajstić information content (AvgIpc) is 1.99. The highest BCUT2D eigenvalue weighted by Crippen LogP contribution is 2.14. The lowest BCUT2D eigenvalue weighted by Gasteiger charge is -2.07. The van der Waals surface area contributed by atoms with E-state index in [4.69, 9.17) is 0 Å². The maximum absolute atomic E-state index is 3.77. The van der Waals surface area contributed by atoms with Gasteiger partial charge in [0.1, 0.15) is 0 Å². The number of halogens is 1. The molecule has 0 aromatic heterocycles. The fourth-order valence-electron chi connectivity index (χ4n) is 1.27. The van der Waals surface area contributed by atoms with Gasteiger partial charge in [-0.15, -0.1) is 0 Å². The minimum Gasteiger partial charge on any atom is -0.380 e. The molecule has 0 aliphatic carbocycles. The van der Waals surface area contributed by atoms with E-state index >= 15 is 0 Å². The number of benzene rings is 1. The summed E-state index contributed by atoms with van der Waals surface area (Å²) in [5.74, 6) is 0. The number of nitrogens with one attached hydrogen (secondary N) is 1. The molecule has 0 saturated carbocycles. The Morgan fingerprint density at radius 1 is 1.31 bits per heavy atom. The van der Waals surface area contributed by atoms with Crippen LogP contribution in [0.1, 0.15) is 11.1 Å². The summed E-state index contributed by atoms with van der Waals surface area (Å²) in [7, 11) is 0. The van der Waals surface area contributed by atoms with Gasteiger partial charge in [-0.05, 0) is 37.1 Å². The highest BCUT2D eigenvalue weighted by molar-refractivity contribution is 9.11. The van der Waals surface area contributed by atoms with Gasteiger partial charge in [-0.1, -0.05) is 28.6 Å². The van der Waals surface area contributed by atoms with Gasteiger partial charge >= 0.3 is 0 Å². The summed E-state index contributed by atoms with van der Waals surface area (Å²) in [6.07, 6.45) is 0. The molecular formula is C11H14BrN. The van der Waals surface area contributed by atoms with Crippen molar-refractivity contribution in [3.8, 4) is 0 Å². The largest absolute Gasteiger partial charge is 0.380 e. The fraction of sp³-hybridized carbons (Fsp3) is 0.273. The zero-order valence-electron chi connectivity index (χ0n) is 8.02. The van der Waals surface area contributed by atoms with E-state index in [1.54, 1.807) is 0 Å². The van der Waals surface area contributed by atoms with Crippen molar-refractivity contribution in [1.29, 1.82) is 0 Å². The van der Waals surface area contributed by atoms with Gasteiger partial charge in [0.05, 0.1) is 0 Å². The molecule has 1 aromatic carbocycles. The molecule has 0 saturated heterocycles. The quantitative estimate of drug-likeness (QED) is 0.850. The molecule has 0 aliphatic rings. The Morgan fingerprint density at radius 3 is 2.31 bits per heavy atom. The van der Waals surface area contributed by atoms with Gasteiger partial charge in [0.2, 0.25) is 0 Å². The van der Waals surface area contributed by atoms with E-state index in [9.17, 15) is 0 Å². The average molecular weight is 240 g/mol. The summed E-state index contributed by atoms with van der Waals surface area (Å²) in [5, 5.41) is 3.28. The Bertz CT molecular complexity index is 298. The third-order valence-corrected chi connectivity index (χ3v) is 1.99. The van der Waals surface area contributed by atoms with Crippen molar-refractivity contribution in [2.24, 2.45) is 0 Å². The predicted octanol–water partition coefficient (Wildman–Crippen LogP) is 3.62. The van der Waals surface area contributed by atoms with Crippen LogP contribution in [-0.4, -0.2) is 6.54 Å². The highest BCUT2D eigenvalue weighted by Gasteiger charge is 1.94. The first kappa shape index (κ1) is 10.3. The van der Waals surface area contributed by atoms with Gasteiger partial charge in [-0.25, -0.2) is 0 Å². The Morgan fingerprint density at radius 2 is 1.85 bits per heavy atom. The molecule has 0 aliphatic heterocycles. The molecule has 1 nitrogen and oxygen atoms in total. The molecular weight excluding hydrogens is 226 g/mol. The van der Waals surface area contributed by atoms with E-state index in [2.05, 4.69) is 59.9 Å². The second-order valence-electron chi connectivity index (χ2n) is 3.25. The third kappa shape index (κ3) is 3.64. The van der Waals surface area contributed by atoms with Gasteiger partial charge in [0.25, 0.3) is 0 Å². The standard InChI is InChI=1S/C11H14BrN/c1-8-4-9(2)6-11(5-8)13-7-10(3)12/h4-6,13H,3,7H2,1-2H3. The van der Waals surface area contributed by atoms with Gasteiger partial charge in [0, 0.05) is 16.7 Å². The van der Waals surface area contributed by atoms with Gasteiger partial charge < -0.3 is 5.32 Å². The first-order valence-corrected chi connectivity index (χ1v) is 5.02. The van der Waals surface area contributed by atoms with Crippen LogP contribution in [0.5, 0.6) is 0 Å². The minimum atomic E-state index is 0.767. The first-order valence-electron chi connectivity index (χ1n) is 4.23. The van der Waals surface area contributed by atoms with Crippen LogP contribution in [0, 0.1) is 13.8 Å². The maximum Gasteiger partial charge on any atom is 0.0460 e. The molecule has 1 rings (SSSR count). The molecule has 0 amide bonds. The zero-order chi connectivity index (χ0) is 9.84. The molecule has 0 bridgehead atoms. The molecule has 13 heavy (non-hydrogen) atoms. The van der Waals surface area contributed by atoms with Crippen LogP contribution in [0.15, 0.2) is 29.3 Å². The normalized spacial score (nSPS) is 9.77. The monoisotopic (exact) mass is 239 g/mol. The second kappa shape index (κ2) is 4.47. The zero-order valence-corrected chi connectivity index (χ0v) is 9.61.